The zero-order valence-corrected chi connectivity index (χ0v) is 18.3. The minimum absolute atomic E-state index is 0.151. The van der Waals surface area contributed by atoms with Crippen LogP contribution in [0.2, 0.25) is 0 Å². The average Bonchev–Trinajstić information content (AvgIpc) is 2.78. The second-order valence-corrected chi connectivity index (χ2v) is 8.74. The average molecular weight is 440 g/mol. The number of aromatic nitrogens is 3. The maximum Gasteiger partial charge on any atom is 0.410 e. The van der Waals surface area contributed by atoms with Gasteiger partial charge in [0.1, 0.15) is 17.7 Å². The molecule has 0 aliphatic carbocycles. The third kappa shape index (κ3) is 4.37. The van der Waals surface area contributed by atoms with Gasteiger partial charge >= 0.3 is 6.09 Å². The van der Waals surface area contributed by atoms with Crippen LogP contribution in [0.15, 0.2) is 41.6 Å². The monoisotopic (exact) mass is 439 g/mol. The Morgan fingerprint density at radius 2 is 1.88 bits per heavy atom. The van der Waals surface area contributed by atoms with Gasteiger partial charge in [-0.3, -0.25) is 4.79 Å². The number of amides is 1. The minimum atomic E-state index is -2.65. The highest BCUT2D eigenvalue weighted by atomic mass is 16.6. The maximum absolute atomic E-state index is 12.4. The molecule has 1 fully saturated rings. The molecule has 1 aliphatic heterocycles. The summed E-state index contributed by atoms with van der Waals surface area (Å²) in [5.74, 6) is 0.706. The van der Waals surface area contributed by atoms with E-state index in [0.29, 0.717) is 53.2 Å². The van der Waals surface area contributed by atoms with E-state index in [-0.39, 0.29) is 11.8 Å². The van der Waals surface area contributed by atoms with Gasteiger partial charge in [-0.25, -0.2) is 14.8 Å². The Bertz CT molecular complexity index is 1320. The first-order valence-electron chi connectivity index (χ1n) is 11.8. The zero-order chi connectivity index (χ0) is 25.5. The van der Waals surface area contributed by atoms with Gasteiger partial charge in [0.05, 0.1) is 11.2 Å². The van der Waals surface area contributed by atoms with E-state index < -0.39 is 18.1 Å². The van der Waals surface area contributed by atoms with Gasteiger partial charge in [0.15, 0.2) is 0 Å². The number of carbonyl (C=O) groups is 1. The fraction of sp³-hybridized carbons (Fsp3) is 0.391. The lowest BCUT2D eigenvalue weighted by atomic mass is 10.0. The number of anilines is 2. The molecule has 2 aromatic heterocycles. The Balaban J connectivity index is 1.65. The van der Waals surface area contributed by atoms with Crippen LogP contribution in [-0.4, -0.2) is 57.3 Å². The summed E-state index contributed by atoms with van der Waals surface area (Å²) < 4.78 is 29.1. The molecule has 0 atom stereocenters. The van der Waals surface area contributed by atoms with E-state index in [0.717, 1.165) is 5.39 Å². The summed E-state index contributed by atoms with van der Waals surface area (Å²) in [6, 6.07) is 6.93. The second kappa shape index (κ2) is 8.14. The summed E-state index contributed by atoms with van der Waals surface area (Å²) in [6.45, 7) is 4.95. The molecule has 0 radical (unpaired) electrons. The van der Waals surface area contributed by atoms with Crippen LogP contribution < -0.4 is 16.2 Å². The second-order valence-electron chi connectivity index (χ2n) is 8.74. The molecule has 3 aromatic rings. The summed E-state index contributed by atoms with van der Waals surface area (Å²) in [5, 5.41) is 0.765. The lowest BCUT2D eigenvalue weighted by Crippen LogP contribution is -2.50. The van der Waals surface area contributed by atoms with Crippen LogP contribution in [0.25, 0.3) is 22.0 Å². The van der Waals surface area contributed by atoms with Crippen molar-refractivity contribution in [2.45, 2.75) is 26.4 Å². The molecule has 1 amide bonds. The third-order valence-electron chi connectivity index (χ3n) is 5.22. The topological polar surface area (TPSA) is 107 Å². The Hall–Kier alpha value is -3.62. The van der Waals surface area contributed by atoms with Crippen molar-refractivity contribution in [1.29, 1.82) is 0 Å². The van der Waals surface area contributed by atoms with Crippen molar-refractivity contribution in [3.8, 4) is 11.1 Å². The van der Waals surface area contributed by atoms with E-state index in [9.17, 15) is 9.59 Å². The van der Waals surface area contributed by atoms with Crippen LogP contribution in [0, 0.1) is 0 Å². The minimum Gasteiger partial charge on any atom is -0.444 e. The summed E-state index contributed by atoms with van der Waals surface area (Å²) in [6.07, 6.45) is 2.44. The van der Waals surface area contributed by atoms with E-state index in [1.54, 1.807) is 11.0 Å². The molecule has 4 rings (SSSR count). The molecule has 9 nitrogen and oxygen atoms in total. The van der Waals surface area contributed by atoms with Gasteiger partial charge in [-0.05, 0) is 44.5 Å². The molecule has 0 spiro atoms. The van der Waals surface area contributed by atoms with E-state index in [2.05, 4.69) is 14.9 Å². The van der Waals surface area contributed by atoms with Crippen LogP contribution in [0.3, 0.4) is 0 Å². The number of nitrogens with two attached hydrogens (primary N) is 1. The molecule has 1 saturated heterocycles. The van der Waals surface area contributed by atoms with Crippen molar-refractivity contribution >= 4 is 28.5 Å². The van der Waals surface area contributed by atoms with Crippen LogP contribution in [0.4, 0.5) is 16.3 Å². The Morgan fingerprint density at radius 1 is 1.12 bits per heavy atom. The third-order valence-corrected chi connectivity index (χ3v) is 5.22. The van der Waals surface area contributed by atoms with Gasteiger partial charge in [-0.1, -0.05) is 6.07 Å². The number of hydrogen-bond donors (Lipinski definition) is 1. The summed E-state index contributed by atoms with van der Waals surface area (Å²) in [4.78, 5) is 37.2. The Kier molecular flexibility index (Phi) is 4.58. The molecule has 32 heavy (non-hydrogen) atoms. The van der Waals surface area contributed by atoms with Gasteiger partial charge in [-0.2, -0.15) is 0 Å². The molecule has 0 unspecified atom stereocenters. The van der Waals surface area contributed by atoms with Crippen molar-refractivity contribution in [3.63, 3.8) is 0 Å². The number of aryl methyl sites for hydroxylation is 1. The van der Waals surface area contributed by atoms with Crippen LogP contribution in [0.1, 0.15) is 24.9 Å². The predicted molar refractivity (Wildman–Crippen MR) is 125 cm³/mol. The fourth-order valence-electron chi connectivity index (χ4n) is 3.66. The van der Waals surface area contributed by atoms with Crippen molar-refractivity contribution in [2.24, 2.45) is 6.98 Å². The first-order valence-corrected chi connectivity index (χ1v) is 10.3. The van der Waals surface area contributed by atoms with Crippen molar-refractivity contribution in [2.75, 3.05) is 36.8 Å². The number of pyridine rings is 1. The maximum atomic E-state index is 12.4. The lowest BCUT2D eigenvalue weighted by molar-refractivity contribution is 0.0240. The normalized spacial score (nSPS) is 16.4. The Labute approximate surface area is 190 Å². The predicted octanol–water partition coefficient (Wildman–Crippen LogP) is 2.63. The van der Waals surface area contributed by atoms with E-state index >= 15 is 0 Å². The number of benzene rings is 1. The lowest BCUT2D eigenvalue weighted by Gasteiger charge is -2.36. The Morgan fingerprint density at radius 3 is 2.56 bits per heavy atom. The molecular weight excluding hydrogens is 408 g/mol. The number of carbonyl (C=O) groups excluding carboxylic acids is 1. The van der Waals surface area contributed by atoms with E-state index in [1.807, 2.05) is 32.9 Å². The van der Waals surface area contributed by atoms with E-state index in [1.165, 1.54) is 18.6 Å². The van der Waals surface area contributed by atoms with Gasteiger partial charge in [0.25, 0.3) is 5.56 Å². The summed E-state index contributed by atoms with van der Waals surface area (Å²) in [7, 11) is 0. The fourth-order valence-corrected chi connectivity index (χ4v) is 3.66. The van der Waals surface area contributed by atoms with Crippen molar-refractivity contribution in [3.05, 3.63) is 47.1 Å². The molecule has 1 aromatic carbocycles. The molecule has 2 N–H and O–H groups in total. The van der Waals surface area contributed by atoms with Crippen LogP contribution in [-0.2, 0) is 11.7 Å². The standard InChI is InChI=1S/C23H28N6O3/c1-23(2,3)32-22(31)29-9-7-28(8-10-29)20-17-11-15(5-6-19(17)25-14-26-20)16-12-18(24)21(30)27(4)13-16/h5-6,11-14H,7-10,24H2,1-4H3/i4D3. The molecule has 0 saturated carbocycles. The van der Waals surface area contributed by atoms with Gasteiger partial charge in [0.2, 0.25) is 0 Å². The molecular formula is C23H28N6O3. The van der Waals surface area contributed by atoms with Crippen LogP contribution in [0.5, 0.6) is 0 Å². The first kappa shape index (κ1) is 18.0. The number of fused-ring (bicyclic) bond motifs is 1. The highest BCUT2D eigenvalue weighted by molar-refractivity contribution is 5.93. The number of nitrogen functional groups attached to an aromatic ring is 1. The number of hydrogen-bond acceptors (Lipinski definition) is 7. The van der Waals surface area contributed by atoms with Crippen LogP contribution >= 0.6 is 0 Å². The summed E-state index contributed by atoms with van der Waals surface area (Å²) >= 11 is 0. The van der Waals surface area contributed by atoms with Gasteiger partial charge < -0.3 is 24.8 Å². The highest BCUT2D eigenvalue weighted by Gasteiger charge is 2.27. The molecule has 9 heteroatoms. The molecule has 3 heterocycles. The smallest absolute Gasteiger partial charge is 0.410 e. The number of rotatable bonds is 2. The largest absolute Gasteiger partial charge is 0.444 e. The summed E-state index contributed by atoms with van der Waals surface area (Å²) in [5.41, 5.74) is 6.24. The number of ether oxygens (including phenoxy) is 1. The molecule has 168 valence electrons. The van der Waals surface area contributed by atoms with Gasteiger partial charge in [0, 0.05) is 54.4 Å². The number of nitrogens with zero attached hydrogens (tertiary/aromatic N) is 5. The molecule has 0 bridgehead atoms. The van der Waals surface area contributed by atoms with Crippen molar-refractivity contribution in [1.82, 2.24) is 19.4 Å². The van der Waals surface area contributed by atoms with Gasteiger partial charge in [-0.15, -0.1) is 0 Å². The first-order chi connectivity index (χ1) is 16.3. The number of piperazine rings is 1. The molecule has 1 aliphatic rings. The quantitative estimate of drug-likeness (QED) is 0.654. The zero-order valence-electron chi connectivity index (χ0n) is 21.3. The van der Waals surface area contributed by atoms with Crippen molar-refractivity contribution < 1.29 is 13.6 Å². The van der Waals surface area contributed by atoms with E-state index in [4.69, 9.17) is 14.6 Å². The highest BCUT2D eigenvalue weighted by Crippen LogP contribution is 2.29. The SMILES string of the molecule is [2H]C([2H])([2H])n1cc(-c2ccc3ncnc(N4CCN(C(=O)OC(C)(C)C)CC4)c3c2)cc(N)c1=O.